The third kappa shape index (κ3) is 6.37. The fourth-order valence-corrected chi connectivity index (χ4v) is 3.26. The highest BCUT2D eigenvalue weighted by Crippen LogP contribution is 2.11. The largest absolute Gasteiger partial charge is 0.281 e. The molecule has 0 spiro atoms. The van der Waals surface area contributed by atoms with E-state index in [0.29, 0.717) is 13.1 Å². The maximum Gasteiger partial charge on any atom is 0.281 e. The summed E-state index contributed by atoms with van der Waals surface area (Å²) in [6.45, 7) is 7.19. The number of unbranched alkanes of at least 4 members (excludes halogenated alkanes) is 2. The summed E-state index contributed by atoms with van der Waals surface area (Å²) in [7, 11) is -1.89. The SMILES string of the molecule is CCCCN(CCCC)S(=O)(=O)N(C)CC(C)C#N. The van der Waals surface area contributed by atoms with Crippen molar-refractivity contribution in [1.82, 2.24) is 8.61 Å². The second-order valence-corrected chi connectivity index (χ2v) is 6.96. The molecule has 0 aromatic rings. The molecule has 0 rings (SSSR count). The van der Waals surface area contributed by atoms with E-state index in [9.17, 15) is 8.42 Å². The van der Waals surface area contributed by atoms with E-state index in [4.69, 9.17) is 5.26 Å². The Bertz CT molecular complexity index is 368. The summed E-state index contributed by atoms with van der Waals surface area (Å²) >= 11 is 0. The summed E-state index contributed by atoms with van der Waals surface area (Å²) in [4.78, 5) is 0. The highest BCUT2D eigenvalue weighted by atomic mass is 32.2. The second-order valence-electron chi connectivity index (χ2n) is 4.92. The summed E-state index contributed by atoms with van der Waals surface area (Å²) in [5.41, 5.74) is 0. The topological polar surface area (TPSA) is 64.4 Å². The van der Waals surface area contributed by atoms with Crippen molar-refractivity contribution in [1.29, 1.82) is 5.26 Å². The van der Waals surface area contributed by atoms with Crippen molar-refractivity contribution in [3.63, 3.8) is 0 Å². The minimum atomic E-state index is -3.44. The van der Waals surface area contributed by atoms with Gasteiger partial charge in [0.15, 0.2) is 0 Å². The molecule has 0 saturated heterocycles. The summed E-state index contributed by atoms with van der Waals surface area (Å²) in [5.74, 6) is -0.293. The molecule has 0 aliphatic heterocycles. The van der Waals surface area contributed by atoms with Crippen molar-refractivity contribution in [2.45, 2.75) is 46.5 Å². The molecule has 0 heterocycles. The van der Waals surface area contributed by atoms with Crippen molar-refractivity contribution in [2.75, 3.05) is 26.7 Å². The Morgan fingerprint density at radius 2 is 1.63 bits per heavy atom. The van der Waals surface area contributed by atoms with Gasteiger partial charge in [-0.25, -0.2) is 0 Å². The number of nitriles is 1. The van der Waals surface area contributed by atoms with Crippen LogP contribution in [0.3, 0.4) is 0 Å². The number of hydrogen-bond acceptors (Lipinski definition) is 3. The molecule has 0 amide bonds. The number of hydrogen-bond donors (Lipinski definition) is 0. The van der Waals surface area contributed by atoms with Crippen LogP contribution in [0.2, 0.25) is 0 Å². The van der Waals surface area contributed by atoms with Gasteiger partial charge in [0.1, 0.15) is 0 Å². The number of nitrogens with zero attached hydrogens (tertiary/aromatic N) is 3. The maximum absolute atomic E-state index is 12.4. The van der Waals surface area contributed by atoms with Crippen molar-refractivity contribution >= 4 is 10.2 Å². The highest BCUT2D eigenvalue weighted by Gasteiger charge is 2.26. The monoisotopic (exact) mass is 289 g/mol. The van der Waals surface area contributed by atoms with Crippen molar-refractivity contribution in [3.05, 3.63) is 0 Å². The van der Waals surface area contributed by atoms with Crippen LogP contribution in [0.1, 0.15) is 46.5 Å². The van der Waals surface area contributed by atoms with Gasteiger partial charge in [0, 0.05) is 26.7 Å². The molecular weight excluding hydrogens is 262 g/mol. The van der Waals surface area contributed by atoms with Gasteiger partial charge < -0.3 is 0 Å². The molecule has 0 aliphatic rings. The van der Waals surface area contributed by atoms with E-state index in [1.54, 1.807) is 18.3 Å². The average molecular weight is 289 g/mol. The van der Waals surface area contributed by atoms with Gasteiger partial charge in [-0.05, 0) is 19.8 Å². The molecule has 0 bridgehead atoms. The Kier molecular flexibility index (Phi) is 8.98. The van der Waals surface area contributed by atoms with Crippen LogP contribution < -0.4 is 0 Å². The molecule has 1 atom stereocenters. The van der Waals surface area contributed by atoms with Crippen LogP contribution in [-0.2, 0) is 10.2 Å². The summed E-state index contributed by atoms with van der Waals surface area (Å²) in [5, 5.41) is 8.79. The standard InChI is InChI=1S/C13H27N3O2S/c1-5-7-9-16(10-8-6-2)19(17,18)15(4)12-13(3)11-14/h13H,5-10,12H2,1-4H3. The van der Waals surface area contributed by atoms with Gasteiger partial charge >= 0.3 is 0 Å². The quantitative estimate of drug-likeness (QED) is 0.619. The molecule has 0 aliphatic carbocycles. The first-order valence-electron chi connectivity index (χ1n) is 7.01. The van der Waals surface area contributed by atoms with Gasteiger partial charge in [0.25, 0.3) is 10.2 Å². The predicted octanol–water partition coefficient (Wildman–Crippen LogP) is 2.22. The minimum absolute atomic E-state index is 0.244. The zero-order valence-corrected chi connectivity index (χ0v) is 13.4. The lowest BCUT2D eigenvalue weighted by molar-refractivity contribution is 0.341. The Balaban J connectivity index is 4.79. The normalized spacial score (nSPS) is 13.7. The van der Waals surface area contributed by atoms with Gasteiger partial charge in [-0.15, -0.1) is 0 Å². The van der Waals surface area contributed by atoms with E-state index in [1.165, 1.54) is 4.31 Å². The smallest absolute Gasteiger partial charge is 0.198 e. The molecule has 0 radical (unpaired) electrons. The highest BCUT2D eigenvalue weighted by molar-refractivity contribution is 7.86. The van der Waals surface area contributed by atoms with Crippen LogP contribution in [-0.4, -0.2) is 43.7 Å². The van der Waals surface area contributed by atoms with Gasteiger partial charge in [-0.2, -0.15) is 22.3 Å². The van der Waals surface area contributed by atoms with Gasteiger partial charge in [-0.1, -0.05) is 26.7 Å². The summed E-state index contributed by atoms with van der Waals surface area (Å²) < 4.78 is 27.7. The first-order chi connectivity index (χ1) is 8.89. The summed E-state index contributed by atoms with van der Waals surface area (Å²) in [6.07, 6.45) is 3.67. The van der Waals surface area contributed by atoms with E-state index < -0.39 is 10.2 Å². The zero-order valence-electron chi connectivity index (χ0n) is 12.6. The van der Waals surface area contributed by atoms with Crippen LogP contribution in [0.5, 0.6) is 0 Å². The van der Waals surface area contributed by atoms with Gasteiger partial charge in [0.2, 0.25) is 0 Å². The van der Waals surface area contributed by atoms with Crippen molar-refractivity contribution in [2.24, 2.45) is 5.92 Å². The lowest BCUT2D eigenvalue weighted by atomic mass is 10.2. The van der Waals surface area contributed by atoms with Crippen LogP contribution in [0.25, 0.3) is 0 Å². The fraction of sp³-hybridized carbons (Fsp3) is 0.923. The lowest BCUT2D eigenvalue weighted by Crippen LogP contribution is -2.44. The number of rotatable bonds is 10. The molecule has 0 aromatic heterocycles. The summed E-state index contributed by atoms with van der Waals surface area (Å²) in [6, 6.07) is 2.07. The Morgan fingerprint density at radius 3 is 2.00 bits per heavy atom. The van der Waals surface area contributed by atoms with Crippen molar-refractivity contribution < 1.29 is 8.42 Å². The Labute approximate surface area is 118 Å². The average Bonchev–Trinajstić information content (AvgIpc) is 2.38. The van der Waals surface area contributed by atoms with E-state index in [-0.39, 0.29) is 12.5 Å². The van der Waals surface area contributed by atoms with Crippen molar-refractivity contribution in [3.8, 4) is 6.07 Å². The first kappa shape index (κ1) is 18.4. The molecule has 112 valence electrons. The molecule has 0 fully saturated rings. The van der Waals surface area contributed by atoms with Crippen LogP contribution >= 0.6 is 0 Å². The van der Waals surface area contributed by atoms with Crippen LogP contribution in [0.15, 0.2) is 0 Å². The Morgan fingerprint density at radius 1 is 1.16 bits per heavy atom. The minimum Gasteiger partial charge on any atom is -0.198 e. The van der Waals surface area contributed by atoms with Gasteiger partial charge in [-0.3, -0.25) is 0 Å². The molecule has 0 aromatic carbocycles. The molecule has 5 nitrogen and oxygen atoms in total. The molecule has 1 unspecified atom stereocenters. The van der Waals surface area contributed by atoms with E-state index >= 15 is 0 Å². The Hall–Kier alpha value is -0.640. The molecule has 6 heteroatoms. The van der Waals surface area contributed by atoms with Crippen LogP contribution in [0.4, 0.5) is 0 Å². The predicted molar refractivity (Wildman–Crippen MR) is 77.7 cm³/mol. The second kappa shape index (κ2) is 9.29. The molecule has 0 N–H and O–H groups in total. The maximum atomic E-state index is 12.4. The lowest BCUT2D eigenvalue weighted by Gasteiger charge is -2.28. The molecular formula is C13H27N3O2S. The van der Waals surface area contributed by atoms with E-state index in [1.807, 2.05) is 13.8 Å². The third-order valence-corrected chi connectivity index (χ3v) is 4.95. The van der Waals surface area contributed by atoms with E-state index in [0.717, 1.165) is 25.7 Å². The zero-order chi connectivity index (χ0) is 14.9. The molecule has 19 heavy (non-hydrogen) atoms. The van der Waals surface area contributed by atoms with Crippen LogP contribution in [0, 0.1) is 17.2 Å². The van der Waals surface area contributed by atoms with E-state index in [2.05, 4.69) is 6.07 Å². The third-order valence-electron chi connectivity index (χ3n) is 2.99. The fourth-order valence-electron chi connectivity index (χ4n) is 1.73. The first-order valence-corrected chi connectivity index (χ1v) is 8.40. The molecule has 0 saturated carbocycles. The van der Waals surface area contributed by atoms with Gasteiger partial charge in [0.05, 0.1) is 12.0 Å².